The number of pyridine rings is 1. The highest BCUT2D eigenvalue weighted by Crippen LogP contribution is 2.21. The highest BCUT2D eigenvalue weighted by atomic mass is 16.2. The quantitative estimate of drug-likeness (QED) is 0.606. The predicted octanol–water partition coefficient (Wildman–Crippen LogP) is 2.52. The average Bonchev–Trinajstić information content (AvgIpc) is 3.25. The van der Waals surface area contributed by atoms with E-state index in [4.69, 9.17) is 0 Å². The molecule has 2 amide bonds. The summed E-state index contributed by atoms with van der Waals surface area (Å²) in [5.74, 6) is 0.335. The van der Waals surface area contributed by atoms with Gasteiger partial charge in [0.1, 0.15) is 5.65 Å². The Morgan fingerprint density at radius 2 is 1.82 bits per heavy atom. The molecule has 0 radical (unpaired) electrons. The van der Waals surface area contributed by atoms with Crippen LogP contribution in [0.5, 0.6) is 0 Å². The van der Waals surface area contributed by atoms with Gasteiger partial charge in [-0.25, -0.2) is 4.98 Å². The van der Waals surface area contributed by atoms with Gasteiger partial charge in [-0.15, -0.1) is 0 Å². The maximum absolute atomic E-state index is 13.2. The molecule has 0 unspecified atom stereocenters. The molecule has 1 atom stereocenters. The minimum atomic E-state index is -0.0684. The van der Waals surface area contributed by atoms with Crippen LogP contribution in [-0.4, -0.2) is 74.7 Å². The number of hydrogen-bond donors (Lipinski definition) is 0. The number of carbonyl (C=O) groups excluding carboxylic acids is 2. The zero-order chi connectivity index (χ0) is 22.8. The van der Waals surface area contributed by atoms with E-state index in [0.717, 1.165) is 49.4 Å². The van der Waals surface area contributed by atoms with E-state index in [0.29, 0.717) is 26.1 Å². The number of amides is 2. The minimum absolute atomic E-state index is 0.0684. The van der Waals surface area contributed by atoms with Gasteiger partial charge < -0.3 is 14.2 Å². The van der Waals surface area contributed by atoms with E-state index in [2.05, 4.69) is 22.0 Å². The first-order chi connectivity index (χ1) is 16.1. The van der Waals surface area contributed by atoms with Crippen molar-refractivity contribution in [3.8, 4) is 0 Å². The molecule has 0 saturated carbocycles. The number of likely N-dealkylation sites (tertiary alicyclic amines) is 1. The van der Waals surface area contributed by atoms with Crippen molar-refractivity contribution >= 4 is 17.5 Å². The first kappa shape index (κ1) is 21.6. The number of imidazole rings is 1. The lowest BCUT2D eigenvalue weighted by Gasteiger charge is -2.42. The highest BCUT2D eigenvalue weighted by molar-refractivity contribution is 5.83. The lowest BCUT2D eigenvalue weighted by Crippen LogP contribution is -2.58. The molecular weight excluding hydrogens is 414 g/mol. The van der Waals surface area contributed by atoms with Crippen LogP contribution >= 0.6 is 0 Å². The Hall–Kier alpha value is -3.19. The van der Waals surface area contributed by atoms with Gasteiger partial charge >= 0.3 is 0 Å². The molecule has 0 spiro atoms. The maximum Gasteiger partial charge on any atom is 0.240 e. The van der Waals surface area contributed by atoms with Crippen LogP contribution in [0.1, 0.15) is 29.7 Å². The monoisotopic (exact) mass is 445 g/mol. The molecule has 5 rings (SSSR count). The van der Waals surface area contributed by atoms with Gasteiger partial charge in [-0.3, -0.25) is 14.5 Å². The van der Waals surface area contributed by atoms with Crippen LogP contribution in [-0.2, 0) is 22.6 Å². The van der Waals surface area contributed by atoms with E-state index in [-0.39, 0.29) is 17.9 Å². The van der Waals surface area contributed by atoms with Crippen molar-refractivity contribution in [1.82, 2.24) is 24.1 Å². The van der Waals surface area contributed by atoms with Crippen LogP contribution < -0.4 is 0 Å². The molecule has 2 fully saturated rings. The normalized spacial score (nSPS) is 19.9. The van der Waals surface area contributed by atoms with Gasteiger partial charge in [0.2, 0.25) is 11.8 Å². The Bertz CT molecular complexity index is 1130. The van der Waals surface area contributed by atoms with E-state index in [1.54, 1.807) is 0 Å². The van der Waals surface area contributed by atoms with Gasteiger partial charge in [0.15, 0.2) is 0 Å². The third-order valence-electron chi connectivity index (χ3n) is 6.89. The summed E-state index contributed by atoms with van der Waals surface area (Å²) in [5.41, 5.74) is 3.98. The number of carbonyl (C=O) groups is 2. The van der Waals surface area contributed by atoms with E-state index >= 15 is 0 Å². The predicted molar refractivity (Wildman–Crippen MR) is 127 cm³/mol. The first-order valence-corrected chi connectivity index (χ1v) is 11.9. The average molecular weight is 446 g/mol. The van der Waals surface area contributed by atoms with Crippen molar-refractivity contribution in [2.45, 2.75) is 38.8 Å². The van der Waals surface area contributed by atoms with Crippen LogP contribution in [0.15, 0.2) is 54.9 Å². The Labute approximate surface area is 194 Å². The van der Waals surface area contributed by atoms with Crippen LogP contribution in [0.3, 0.4) is 0 Å². The zero-order valence-corrected chi connectivity index (χ0v) is 19.2. The maximum atomic E-state index is 13.2. The Kier molecular flexibility index (Phi) is 6.13. The molecule has 7 nitrogen and oxygen atoms in total. The van der Waals surface area contributed by atoms with Crippen molar-refractivity contribution in [3.05, 3.63) is 71.7 Å². The van der Waals surface area contributed by atoms with Gasteiger partial charge in [-0.05, 0) is 37.0 Å². The van der Waals surface area contributed by atoms with E-state index in [1.165, 1.54) is 5.56 Å². The first-order valence-electron chi connectivity index (χ1n) is 11.9. The molecule has 2 aliphatic rings. The molecule has 33 heavy (non-hydrogen) atoms. The second-order valence-corrected chi connectivity index (χ2v) is 9.15. The standard InChI is InChI=1S/C26H31N5O2/c1-20-7-5-11-30-19-22(27-25(20)30)17-24(32)29-15-13-28(14-16-29)23-10-6-12-31(26(23)33)18-21-8-3-2-4-9-21/h2-5,7-9,11,19,23H,6,10,12-18H2,1H3/t23-/m1/s1. The molecule has 0 aliphatic carbocycles. The number of nitrogens with zero attached hydrogens (tertiary/aromatic N) is 5. The van der Waals surface area contributed by atoms with Gasteiger partial charge in [-0.2, -0.15) is 0 Å². The molecule has 0 N–H and O–H groups in total. The Morgan fingerprint density at radius 1 is 1.03 bits per heavy atom. The number of piperidine rings is 1. The van der Waals surface area contributed by atoms with Crippen molar-refractivity contribution < 1.29 is 9.59 Å². The fourth-order valence-electron chi connectivity index (χ4n) is 5.06. The van der Waals surface area contributed by atoms with Crippen molar-refractivity contribution in [2.75, 3.05) is 32.7 Å². The SMILES string of the molecule is Cc1cccn2cc(CC(=O)N3CCN([C@@H]4CCCN(Cc5ccccc5)C4=O)CC3)nc12. The van der Waals surface area contributed by atoms with Crippen LogP contribution in [0, 0.1) is 6.92 Å². The van der Waals surface area contributed by atoms with Gasteiger partial charge in [-0.1, -0.05) is 36.4 Å². The summed E-state index contributed by atoms with van der Waals surface area (Å²) < 4.78 is 1.98. The number of benzene rings is 1. The Morgan fingerprint density at radius 3 is 2.58 bits per heavy atom. The zero-order valence-electron chi connectivity index (χ0n) is 19.2. The van der Waals surface area contributed by atoms with Crippen molar-refractivity contribution in [3.63, 3.8) is 0 Å². The number of hydrogen-bond acceptors (Lipinski definition) is 4. The molecule has 2 aromatic heterocycles. The molecule has 172 valence electrons. The largest absolute Gasteiger partial charge is 0.340 e. The number of fused-ring (bicyclic) bond motifs is 1. The fraction of sp³-hybridized carbons (Fsp3) is 0.423. The van der Waals surface area contributed by atoms with Crippen LogP contribution in [0.2, 0.25) is 0 Å². The summed E-state index contributed by atoms with van der Waals surface area (Å²) in [6.45, 7) is 6.33. The summed E-state index contributed by atoms with van der Waals surface area (Å²) in [7, 11) is 0. The number of aromatic nitrogens is 2. The Balaban J connectivity index is 1.16. The van der Waals surface area contributed by atoms with Crippen molar-refractivity contribution in [1.29, 1.82) is 0 Å². The molecule has 0 bridgehead atoms. The van der Waals surface area contributed by atoms with Gasteiger partial charge in [0, 0.05) is 51.7 Å². The lowest BCUT2D eigenvalue weighted by molar-refractivity contribution is -0.142. The second-order valence-electron chi connectivity index (χ2n) is 9.15. The summed E-state index contributed by atoms with van der Waals surface area (Å²) >= 11 is 0. The highest BCUT2D eigenvalue weighted by Gasteiger charge is 2.35. The van der Waals surface area contributed by atoms with E-state index in [9.17, 15) is 9.59 Å². The van der Waals surface area contributed by atoms with Crippen molar-refractivity contribution in [2.24, 2.45) is 0 Å². The van der Waals surface area contributed by atoms with Crippen LogP contribution in [0.4, 0.5) is 0 Å². The fourth-order valence-corrected chi connectivity index (χ4v) is 5.06. The number of rotatable bonds is 5. The van der Waals surface area contributed by atoms with Gasteiger partial charge in [0.05, 0.1) is 18.2 Å². The molecular formula is C26H31N5O2. The third kappa shape index (κ3) is 4.64. The molecule has 4 heterocycles. The third-order valence-corrected chi connectivity index (χ3v) is 6.89. The van der Waals surface area contributed by atoms with E-state index in [1.807, 2.05) is 63.8 Å². The van der Waals surface area contributed by atoms with Gasteiger partial charge in [0.25, 0.3) is 0 Å². The minimum Gasteiger partial charge on any atom is -0.340 e. The topological polar surface area (TPSA) is 61.2 Å². The molecule has 7 heteroatoms. The number of aryl methyl sites for hydroxylation is 1. The molecule has 2 saturated heterocycles. The summed E-state index contributed by atoms with van der Waals surface area (Å²) in [5, 5.41) is 0. The summed E-state index contributed by atoms with van der Waals surface area (Å²) in [4.78, 5) is 36.9. The summed E-state index contributed by atoms with van der Waals surface area (Å²) in [6, 6.07) is 14.1. The second kappa shape index (κ2) is 9.35. The molecule has 1 aromatic carbocycles. The number of piperazine rings is 1. The molecule has 2 aliphatic heterocycles. The van der Waals surface area contributed by atoms with E-state index < -0.39 is 0 Å². The lowest BCUT2D eigenvalue weighted by atomic mass is 10.0. The smallest absolute Gasteiger partial charge is 0.240 e. The summed E-state index contributed by atoms with van der Waals surface area (Å²) in [6.07, 6.45) is 6.14. The molecule has 3 aromatic rings. The van der Waals surface area contributed by atoms with Crippen LogP contribution in [0.25, 0.3) is 5.65 Å².